The van der Waals surface area contributed by atoms with Crippen molar-refractivity contribution in [2.45, 2.75) is 6.92 Å². The molecule has 0 aliphatic carbocycles. The Morgan fingerprint density at radius 3 is 2.74 bits per heavy atom. The lowest BCUT2D eigenvalue weighted by atomic mass is 10.2. The highest BCUT2D eigenvalue weighted by molar-refractivity contribution is 8.27. The summed E-state index contributed by atoms with van der Waals surface area (Å²) in [6.45, 7) is 2.00. The van der Waals surface area contributed by atoms with Gasteiger partial charge in [-0.15, -0.1) is 11.3 Å². The van der Waals surface area contributed by atoms with Crippen molar-refractivity contribution in [2.75, 3.05) is 4.90 Å². The van der Waals surface area contributed by atoms with Gasteiger partial charge in [0, 0.05) is 9.75 Å². The first kappa shape index (κ1) is 15.9. The van der Waals surface area contributed by atoms with Gasteiger partial charge in [-0.1, -0.05) is 30.0 Å². The largest absolute Gasteiger partial charge is 0.478 e. The summed E-state index contributed by atoms with van der Waals surface area (Å²) in [7, 11) is 0. The summed E-state index contributed by atoms with van der Waals surface area (Å²) >= 11 is 8.11. The van der Waals surface area contributed by atoms with Crippen LogP contribution in [0.2, 0.25) is 0 Å². The maximum Gasteiger partial charge on any atom is 0.335 e. The van der Waals surface area contributed by atoms with E-state index in [1.807, 2.05) is 25.1 Å². The number of carbonyl (C=O) groups is 2. The molecule has 0 radical (unpaired) electrons. The Kier molecular flexibility index (Phi) is 4.34. The zero-order valence-electron chi connectivity index (χ0n) is 12.0. The number of rotatable bonds is 3. The molecule has 0 unspecified atom stereocenters. The Bertz CT molecular complexity index is 854. The molecule has 1 saturated heterocycles. The second-order valence-corrected chi connectivity index (χ2v) is 7.82. The zero-order valence-corrected chi connectivity index (χ0v) is 14.4. The molecular formula is C16H11NO3S3. The minimum Gasteiger partial charge on any atom is -0.478 e. The third kappa shape index (κ3) is 3.21. The zero-order chi connectivity index (χ0) is 16.6. The summed E-state index contributed by atoms with van der Waals surface area (Å²) in [5.74, 6) is -1.27. The van der Waals surface area contributed by atoms with E-state index in [0.717, 1.165) is 4.88 Å². The van der Waals surface area contributed by atoms with Crippen molar-refractivity contribution in [2.24, 2.45) is 0 Å². The molecule has 4 nitrogen and oxygen atoms in total. The first-order valence-corrected chi connectivity index (χ1v) is 8.67. The number of amides is 1. The van der Waals surface area contributed by atoms with E-state index in [4.69, 9.17) is 17.3 Å². The maximum absolute atomic E-state index is 12.6. The van der Waals surface area contributed by atoms with Crippen LogP contribution in [0.15, 0.2) is 41.3 Å². The van der Waals surface area contributed by atoms with Gasteiger partial charge < -0.3 is 5.11 Å². The van der Waals surface area contributed by atoms with E-state index in [-0.39, 0.29) is 11.5 Å². The smallest absolute Gasteiger partial charge is 0.335 e. The number of carboxylic acids is 1. The summed E-state index contributed by atoms with van der Waals surface area (Å²) < 4.78 is 0.400. The van der Waals surface area contributed by atoms with E-state index in [0.29, 0.717) is 14.9 Å². The molecule has 0 spiro atoms. The lowest BCUT2D eigenvalue weighted by Crippen LogP contribution is -2.27. The van der Waals surface area contributed by atoms with E-state index < -0.39 is 5.97 Å². The van der Waals surface area contributed by atoms with Crippen LogP contribution in [0.1, 0.15) is 20.1 Å². The Balaban J connectivity index is 1.94. The SMILES string of the molecule is Cc1ccc(/C=C2\SC(=S)N(c3cccc(C(=O)O)c3)C2=O)s1. The standard InChI is InChI=1S/C16H11NO3S3/c1-9-5-6-12(22-9)8-13-14(18)17(16(21)23-13)11-4-2-3-10(7-11)15(19)20/h2-8H,1H3,(H,19,20)/b13-8-. The molecule has 1 aliphatic rings. The van der Waals surface area contributed by atoms with Crippen LogP contribution in [-0.4, -0.2) is 21.3 Å². The highest BCUT2D eigenvalue weighted by atomic mass is 32.2. The molecule has 0 atom stereocenters. The molecule has 0 saturated carbocycles. The van der Waals surface area contributed by atoms with E-state index in [1.54, 1.807) is 23.5 Å². The van der Waals surface area contributed by atoms with Crippen molar-refractivity contribution in [3.05, 3.63) is 56.6 Å². The fraction of sp³-hybridized carbons (Fsp3) is 0.0625. The molecule has 2 heterocycles. The van der Waals surface area contributed by atoms with Crippen LogP contribution in [0.4, 0.5) is 5.69 Å². The number of carbonyl (C=O) groups excluding carboxylic acids is 1. The number of hydrogen-bond donors (Lipinski definition) is 1. The summed E-state index contributed by atoms with van der Waals surface area (Å²) in [6, 6.07) is 10.2. The Morgan fingerprint density at radius 1 is 1.30 bits per heavy atom. The quantitative estimate of drug-likeness (QED) is 0.657. The summed E-state index contributed by atoms with van der Waals surface area (Å²) in [6.07, 6.45) is 1.82. The van der Waals surface area contributed by atoms with Gasteiger partial charge in [0.15, 0.2) is 4.32 Å². The Morgan fingerprint density at radius 2 is 2.09 bits per heavy atom. The van der Waals surface area contributed by atoms with Crippen molar-refractivity contribution in [1.29, 1.82) is 0 Å². The molecule has 23 heavy (non-hydrogen) atoms. The van der Waals surface area contributed by atoms with Gasteiger partial charge in [0.1, 0.15) is 0 Å². The van der Waals surface area contributed by atoms with E-state index in [2.05, 4.69) is 0 Å². The number of thioether (sulfide) groups is 1. The molecule has 1 amide bonds. The molecule has 1 aromatic carbocycles. The van der Waals surface area contributed by atoms with Crippen molar-refractivity contribution in [1.82, 2.24) is 0 Å². The fourth-order valence-corrected chi connectivity index (χ4v) is 4.31. The van der Waals surface area contributed by atoms with Gasteiger partial charge in [0.05, 0.1) is 16.2 Å². The number of aryl methyl sites for hydroxylation is 1. The first-order chi connectivity index (χ1) is 11.0. The highest BCUT2D eigenvalue weighted by Gasteiger charge is 2.33. The third-order valence-electron chi connectivity index (χ3n) is 3.18. The van der Waals surface area contributed by atoms with Crippen LogP contribution in [0.3, 0.4) is 0 Å². The Hall–Kier alpha value is -1.96. The second-order valence-electron chi connectivity index (χ2n) is 4.82. The van der Waals surface area contributed by atoms with Gasteiger partial charge >= 0.3 is 5.97 Å². The first-order valence-electron chi connectivity index (χ1n) is 6.63. The molecular weight excluding hydrogens is 350 g/mol. The average Bonchev–Trinajstić information content (AvgIpc) is 3.03. The summed E-state index contributed by atoms with van der Waals surface area (Å²) in [5.41, 5.74) is 0.590. The van der Waals surface area contributed by atoms with E-state index >= 15 is 0 Å². The number of anilines is 1. The van der Waals surface area contributed by atoms with Crippen LogP contribution < -0.4 is 4.90 Å². The highest BCUT2D eigenvalue weighted by Crippen LogP contribution is 2.37. The van der Waals surface area contributed by atoms with Gasteiger partial charge in [-0.25, -0.2) is 4.79 Å². The normalized spacial score (nSPS) is 16.4. The molecule has 3 rings (SSSR count). The van der Waals surface area contributed by atoms with Gasteiger partial charge in [-0.3, -0.25) is 9.69 Å². The third-order valence-corrected chi connectivity index (χ3v) is 5.43. The number of carboxylic acid groups (broad SMARTS) is 1. The minimum atomic E-state index is -1.04. The fourth-order valence-electron chi connectivity index (χ4n) is 2.13. The topological polar surface area (TPSA) is 57.6 Å². The molecule has 2 aromatic rings. The van der Waals surface area contributed by atoms with Gasteiger partial charge in [0.25, 0.3) is 5.91 Å². The van der Waals surface area contributed by atoms with Crippen LogP contribution in [0.25, 0.3) is 6.08 Å². The number of thiocarbonyl (C=S) groups is 1. The number of hydrogen-bond acceptors (Lipinski definition) is 5. The van der Waals surface area contributed by atoms with E-state index in [1.165, 1.54) is 33.7 Å². The molecule has 1 aromatic heterocycles. The van der Waals surface area contributed by atoms with Gasteiger partial charge in [0.2, 0.25) is 0 Å². The molecule has 1 N–H and O–H groups in total. The number of benzene rings is 1. The number of aromatic carboxylic acids is 1. The molecule has 0 bridgehead atoms. The van der Waals surface area contributed by atoms with Crippen LogP contribution in [-0.2, 0) is 4.79 Å². The predicted molar refractivity (Wildman–Crippen MR) is 98.1 cm³/mol. The van der Waals surface area contributed by atoms with Gasteiger partial charge in [-0.2, -0.15) is 0 Å². The second kappa shape index (κ2) is 6.27. The van der Waals surface area contributed by atoms with Gasteiger partial charge in [-0.05, 0) is 43.3 Å². The minimum absolute atomic E-state index is 0.120. The predicted octanol–water partition coefficient (Wildman–Crippen LogP) is 4.16. The molecule has 116 valence electrons. The monoisotopic (exact) mass is 361 g/mol. The lowest BCUT2D eigenvalue weighted by molar-refractivity contribution is -0.113. The Labute approximate surface area is 146 Å². The molecule has 1 aliphatic heterocycles. The molecule has 1 fully saturated rings. The molecule has 7 heteroatoms. The summed E-state index contributed by atoms with van der Waals surface area (Å²) in [5, 5.41) is 9.08. The number of nitrogens with zero attached hydrogens (tertiary/aromatic N) is 1. The van der Waals surface area contributed by atoms with Crippen LogP contribution in [0.5, 0.6) is 0 Å². The summed E-state index contributed by atoms with van der Waals surface area (Å²) in [4.78, 5) is 27.8. The van der Waals surface area contributed by atoms with Crippen LogP contribution in [0, 0.1) is 6.92 Å². The van der Waals surface area contributed by atoms with Crippen molar-refractivity contribution in [3.63, 3.8) is 0 Å². The van der Waals surface area contributed by atoms with Crippen LogP contribution >= 0.6 is 35.3 Å². The lowest BCUT2D eigenvalue weighted by Gasteiger charge is -2.14. The van der Waals surface area contributed by atoms with E-state index in [9.17, 15) is 9.59 Å². The average molecular weight is 361 g/mol. The maximum atomic E-state index is 12.6. The van der Waals surface area contributed by atoms with Crippen molar-refractivity contribution < 1.29 is 14.7 Å². The van der Waals surface area contributed by atoms with Crippen molar-refractivity contribution >= 4 is 63.3 Å². The number of thiophene rings is 1. The van der Waals surface area contributed by atoms with Crippen molar-refractivity contribution in [3.8, 4) is 0 Å².